The van der Waals surface area contributed by atoms with Crippen molar-refractivity contribution in [3.8, 4) is 0 Å². The molecule has 1 saturated heterocycles. The normalized spacial score (nSPS) is 31.7. The van der Waals surface area contributed by atoms with Crippen LogP contribution in [0.2, 0.25) is 0 Å². The highest BCUT2D eigenvalue weighted by Gasteiger charge is 2.42. The fourth-order valence-electron chi connectivity index (χ4n) is 5.11. The molecule has 0 aromatic carbocycles. The number of rotatable bonds is 2. The van der Waals surface area contributed by atoms with E-state index in [1.807, 2.05) is 23.8 Å². The van der Waals surface area contributed by atoms with Crippen LogP contribution in [0.3, 0.4) is 0 Å². The van der Waals surface area contributed by atoms with Crippen LogP contribution < -0.4 is 5.73 Å². The van der Waals surface area contributed by atoms with E-state index in [1.54, 1.807) is 6.20 Å². The molecule has 148 valence electrons. The van der Waals surface area contributed by atoms with Gasteiger partial charge in [-0.15, -0.1) is 0 Å². The summed E-state index contributed by atoms with van der Waals surface area (Å²) in [5.41, 5.74) is 9.64. The molecule has 2 N–H and O–H groups in total. The fraction of sp³-hybridized carbons (Fsp3) is 0.500. The monoisotopic (exact) mass is 386 g/mol. The van der Waals surface area contributed by atoms with Gasteiger partial charge in [0.1, 0.15) is 11.7 Å². The SMILES string of the molecule is CN1CC(N2Cc3nn4cccnc4c3C2)CC(N)[C@H]1C1CC(F)=CC=C1F. The predicted octanol–water partition coefficient (Wildman–Crippen LogP) is 2.17. The van der Waals surface area contributed by atoms with Crippen LogP contribution in [0, 0.1) is 5.92 Å². The number of allylic oxidation sites excluding steroid dienone is 3. The van der Waals surface area contributed by atoms with Crippen LogP contribution in [0.5, 0.6) is 0 Å². The lowest BCUT2D eigenvalue weighted by Gasteiger charge is -2.47. The summed E-state index contributed by atoms with van der Waals surface area (Å²) in [4.78, 5) is 8.95. The van der Waals surface area contributed by atoms with E-state index < -0.39 is 5.92 Å². The number of nitrogens with zero attached hydrogens (tertiary/aromatic N) is 5. The lowest BCUT2D eigenvalue weighted by molar-refractivity contribution is 0.0367. The first kappa shape index (κ1) is 17.9. The van der Waals surface area contributed by atoms with E-state index >= 15 is 0 Å². The molecule has 3 aliphatic rings. The molecular weight excluding hydrogens is 362 g/mol. The molecule has 1 aliphatic carbocycles. The van der Waals surface area contributed by atoms with E-state index in [4.69, 9.17) is 5.73 Å². The molecule has 2 aliphatic heterocycles. The van der Waals surface area contributed by atoms with Gasteiger partial charge < -0.3 is 5.73 Å². The van der Waals surface area contributed by atoms with Crippen LogP contribution >= 0.6 is 0 Å². The molecule has 0 amide bonds. The molecule has 0 radical (unpaired) electrons. The molecule has 3 unspecified atom stereocenters. The van der Waals surface area contributed by atoms with Gasteiger partial charge in [-0.3, -0.25) is 9.80 Å². The zero-order chi connectivity index (χ0) is 19.4. The number of nitrogens with two attached hydrogens (primary N) is 1. The minimum absolute atomic E-state index is 0.0911. The van der Waals surface area contributed by atoms with Crippen molar-refractivity contribution in [2.75, 3.05) is 13.6 Å². The summed E-state index contributed by atoms with van der Waals surface area (Å²) in [5, 5.41) is 4.65. The summed E-state index contributed by atoms with van der Waals surface area (Å²) in [6.45, 7) is 2.33. The molecule has 28 heavy (non-hydrogen) atoms. The Hall–Kier alpha value is -2.16. The minimum atomic E-state index is -0.505. The van der Waals surface area contributed by atoms with Gasteiger partial charge in [0.15, 0.2) is 5.65 Å². The van der Waals surface area contributed by atoms with E-state index in [-0.39, 0.29) is 36.2 Å². The zero-order valence-electron chi connectivity index (χ0n) is 15.8. The summed E-state index contributed by atoms with van der Waals surface area (Å²) in [6.07, 6.45) is 7.01. The van der Waals surface area contributed by atoms with Crippen molar-refractivity contribution in [1.82, 2.24) is 24.4 Å². The van der Waals surface area contributed by atoms with E-state index in [0.717, 1.165) is 37.4 Å². The van der Waals surface area contributed by atoms with Crippen LogP contribution in [0.25, 0.3) is 5.65 Å². The standard InChI is InChI=1S/C20H24F2N6/c1-26-9-13(8-17(23)19(26)14-7-12(21)3-4-16(14)22)27-10-15-18(11-27)25-28-6-2-5-24-20(15)28/h2-6,13-14,17,19H,7-11,23H2,1H3/t13?,14?,17?,19-/m1/s1. The molecule has 4 heterocycles. The number of hydrogen-bond acceptors (Lipinski definition) is 5. The van der Waals surface area contributed by atoms with E-state index in [0.29, 0.717) is 0 Å². The van der Waals surface area contributed by atoms with Crippen LogP contribution in [-0.2, 0) is 13.1 Å². The minimum Gasteiger partial charge on any atom is -0.326 e. The number of aromatic nitrogens is 3. The molecule has 2 aromatic heterocycles. The van der Waals surface area contributed by atoms with E-state index in [9.17, 15) is 8.78 Å². The third-order valence-corrected chi connectivity index (χ3v) is 6.40. The third kappa shape index (κ3) is 2.87. The second kappa shape index (κ2) is 6.72. The maximum absolute atomic E-state index is 14.4. The Morgan fingerprint density at radius 3 is 2.89 bits per heavy atom. The van der Waals surface area contributed by atoms with Gasteiger partial charge >= 0.3 is 0 Å². The predicted molar refractivity (Wildman–Crippen MR) is 102 cm³/mol. The van der Waals surface area contributed by atoms with E-state index in [1.165, 1.54) is 17.7 Å². The Bertz CT molecular complexity index is 955. The maximum atomic E-state index is 14.4. The van der Waals surface area contributed by atoms with Crippen molar-refractivity contribution in [3.63, 3.8) is 0 Å². The highest BCUT2D eigenvalue weighted by atomic mass is 19.1. The van der Waals surface area contributed by atoms with Crippen LogP contribution in [0.15, 0.2) is 42.3 Å². The quantitative estimate of drug-likeness (QED) is 0.857. The molecule has 2 aromatic rings. The molecule has 1 fully saturated rings. The average molecular weight is 386 g/mol. The van der Waals surface area contributed by atoms with E-state index in [2.05, 4.69) is 19.9 Å². The number of fused-ring (bicyclic) bond motifs is 3. The Morgan fingerprint density at radius 1 is 1.21 bits per heavy atom. The van der Waals surface area contributed by atoms with Gasteiger partial charge in [0.25, 0.3) is 0 Å². The maximum Gasteiger partial charge on any atom is 0.159 e. The Balaban J connectivity index is 1.31. The highest BCUT2D eigenvalue weighted by Crippen LogP contribution is 2.37. The third-order valence-electron chi connectivity index (χ3n) is 6.40. The van der Waals surface area contributed by atoms with Crippen molar-refractivity contribution >= 4 is 5.65 Å². The van der Waals surface area contributed by atoms with Crippen molar-refractivity contribution in [2.45, 2.75) is 44.1 Å². The average Bonchev–Trinajstić information content (AvgIpc) is 3.22. The van der Waals surface area contributed by atoms with Crippen molar-refractivity contribution in [2.24, 2.45) is 11.7 Å². The first-order chi connectivity index (χ1) is 13.5. The Labute approximate surface area is 162 Å². The Kier molecular flexibility index (Phi) is 4.30. The van der Waals surface area contributed by atoms with Gasteiger partial charge in [0.05, 0.1) is 5.69 Å². The molecule has 6 nitrogen and oxygen atoms in total. The number of hydrogen-bond donors (Lipinski definition) is 1. The summed E-state index contributed by atoms with van der Waals surface area (Å²) in [6, 6.07) is 1.71. The number of likely N-dealkylation sites (tertiary alicyclic amines) is 1. The van der Waals surface area contributed by atoms with Crippen molar-refractivity contribution in [3.05, 3.63) is 53.5 Å². The molecule has 0 saturated carbocycles. The largest absolute Gasteiger partial charge is 0.326 e. The number of piperidine rings is 1. The van der Waals surface area contributed by atoms with Gasteiger partial charge in [-0.25, -0.2) is 18.3 Å². The van der Waals surface area contributed by atoms with Gasteiger partial charge in [0.2, 0.25) is 0 Å². The first-order valence-corrected chi connectivity index (χ1v) is 9.74. The van der Waals surface area contributed by atoms with Gasteiger partial charge in [-0.05, 0) is 31.7 Å². The second-order valence-corrected chi connectivity index (χ2v) is 8.18. The highest BCUT2D eigenvalue weighted by molar-refractivity contribution is 5.51. The Morgan fingerprint density at radius 2 is 2.07 bits per heavy atom. The fourth-order valence-corrected chi connectivity index (χ4v) is 5.11. The van der Waals surface area contributed by atoms with Crippen LogP contribution in [0.4, 0.5) is 8.78 Å². The summed E-state index contributed by atoms with van der Waals surface area (Å²) in [5.74, 6) is -1.05. The number of halogens is 2. The molecule has 8 heteroatoms. The summed E-state index contributed by atoms with van der Waals surface area (Å²) < 4.78 is 30.0. The molecule has 4 atom stereocenters. The second-order valence-electron chi connectivity index (χ2n) is 8.18. The molecule has 5 rings (SSSR count). The lowest BCUT2D eigenvalue weighted by Crippen LogP contribution is -2.61. The molecular formula is C20H24F2N6. The summed E-state index contributed by atoms with van der Waals surface area (Å²) >= 11 is 0. The molecule has 0 spiro atoms. The van der Waals surface area contributed by atoms with Gasteiger partial charge in [-0.1, -0.05) is 0 Å². The summed E-state index contributed by atoms with van der Waals surface area (Å²) in [7, 11) is 1.97. The topological polar surface area (TPSA) is 62.7 Å². The molecule has 0 bridgehead atoms. The van der Waals surface area contributed by atoms with Crippen LogP contribution in [0.1, 0.15) is 24.1 Å². The smallest absolute Gasteiger partial charge is 0.159 e. The zero-order valence-corrected chi connectivity index (χ0v) is 15.8. The van der Waals surface area contributed by atoms with Crippen LogP contribution in [-0.4, -0.2) is 56.1 Å². The van der Waals surface area contributed by atoms with Crippen molar-refractivity contribution in [1.29, 1.82) is 0 Å². The first-order valence-electron chi connectivity index (χ1n) is 9.74. The van der Waals surface area contributed by atoms with Gasteiger partial charge in [0, 0.05) is 68.1 Å². The lowest BCUT2D eigenvalue weighted by atomic mass is 9.81. The van der Waals surface area contributed by atoms with Crippen molar-refractivity contribution < 1.29 is 8.78 Å². The van der Waals surface area contributed by atoms with Gasteiger partial charge in [-0.2, -0.15) is 5.10 Å². The number of likely N-dealkylation sites (N-methyl/N-ethyl adjacent to an activating group) is 1.